The lowest BCUT2D eigenvalue weighted by Gasteiger charge is -2.15. The monoisotopic (exact) mass is 265 g/mol. The number of alkyl halides is 1. The van der Waals surface area contributed by atoms with Crippen LogP contribution in [0.2, 0.25) is 0 Å². The normalized spacial score (nSPS) is 16.3. The summed E-state index contributed by atoms with van der Waals surface area (Å²) in [5, 5.41) is 3.06. The number of hydrogen-bond donors (Lipinski definition) is 1. The molecule has 1 amide bonds. The number of nitrogens with one attached hydrogen (secondary N) is 1. The van der Waals surface area contributed by atoms with E-state index in [2.05, 4.69) is 12.2 Å². The maximum atomic E-state index is 12.2. The van der Waals surface area contributed by atoms with Crippen molar-refractivity contribution in [2.24, 2.45) is 5.41 Å². The Hall–Kier alpha value is -1.02. The van der Waals surface area contributed by atoms with Gasteiger partial charge in [0.05, 0.1) is 0 Å². The Kier molecular flexibility index (Phi) is 4.28. The number of hydrogen-bond acceptors (Lipinski definition) is 1. The molecule has 0 aromatic heterocycles. The van der Waals surface area contributed by atoms with Crippen LogP contribution in [0.3, 0.4) is 0 Å². The van der Waals surface area contributed by atoms with Gasteiger partial charge in [-0.1, -0.05) is 25.1 Å². The summed E-state index contributed by atoms with van der Waals surface area (Å²) in [4.78, 5) is 12.2. The minimum atomic E-state index is 0.0493. The van der Waals surface area contributed by atoms with E-state index < -0.39 is 0 Å². The molecule has 2 nitrogen and oxygen atoms in total. The average Bonchev–Trinajstić information content (AvgIpc) is 3.16. The lowest BCUT2D eigenvalue weighted by Crippen LogP contribution is -2.31. The molecule has 0 aliphatic heterocycles. The maximum Gasteiger partial charge on any atom is 0.251 e. The van der Waals surface area contributed by atoms with Crippen LogP contribution < -0.4 is 5.32 Å². The van der Waals surface area contributed by atoms with Gasteiger partial charge in [-0.15, -0.1) is 11.6 Å². The molecule has 1 aromatic carbocycles. The Morgan fingerprint density at radius 3 is 2.72 bits per heavy atom. The van der Waals surface area contributed by atoms with Crippen LogP contribution in [-0.2, 0) is 6.42 Å². The van der Waals surface area contributed by atoms with Crippen LogP contribution in [0.5, 0.6) is 0 Å². The Morgan fingerprint density at radius 2 is 2.11 bits per heavy atom. The standard InChI is InChI=1S/C15H20ClNO/c1-2-12-5-3-4-6-13(12)14(18)17-11-15(7-8-15)9-10-16/h3-6H,2,7-11H2,1H3,(H,17,18). The highest BCUT2D eigenvalue weighted by Crippen LogP contribution is 2.48. The zero-order valence-corrected chi connectivity index (χ0v) is 11.6. The van der Waals surface area contributed by atoms with Crippen LogP contribution >= 0.6 is 11.6 Å². The third kappa shape index (κ3) is 3.05. The molecule has 0 spiro atoms. The molecule has 1 N–H and O–H groups in total. The Morgan fingerprint density at radius 1 is 1.39 bits per heavy atom. The topological polar surface area (TPSA) is 29.1 Å². The van der Waals surface area contributed by atoms with Gasteiger partial charge in [0.2, 0.25) is 0 Å². The van der Waals surface area contributed by atoms with E-state index in [0.29, 0.717) is 11.3 Å². The second-order valence-corrected chi connectivity index (χ2v) is 5.51. The smallest absolute Gasteiger partial charge is 0.251 e. The van der Waals surface area contributed by atoms with E-state index in [0.717, 1.165) is 30.5 Å². The third-order valence-corrected chi connectivity index (χ3v) is 4.04. The quantitative estimate of drug-likeness (QED) is 0.785. The van der Waals surface area contributed by atoms with Crippen LogP contribution in [0.1, 0.15) is 42.1 Å². The summed E-state index contributed by atoms with van der Waals surface area (Å²) in [6.45, 7) is 2.83. The minimum Gasteiger partial charge on any atom is -0.351 e. The summed E-state index contributed by atoms with van der Waals surface area (Å²) >= 11 is 5.79. The molecule has 1 saturated carbocycles. The summed E-state index contributed by atoms with van der Waals surface area (Å²) in [5.41, 5.74) is 2.21. The largest absolute Gasteiger partial charge is 0.351 e. The van der Waals surface area contributed by atoms with Crippen molar-refractivity contribution in [3.63, 3.8) is 0 Å². The van der Waals surface area contributed by atoms with E-state index in [1.807, 2.05) is 24.3 Å². The minimum absolute atomic E-state index is 0.0493. The molecule has 0 radical (unpaired) electrons. The molecule has 2 rings (SSSR count). The zero-order chi connectivity index (χ0) is 13.0. The van der Waals surface area contributed by atoms with Crippen LogP contribution in [0.4, 0.5) is 0 Å². The Bertz CT molecular complexity index is 426. The third-order valence-electron chi connectivity index (χ3n) is 3.85. The first kappa shape index (κ1) is 13.4. The van der Waals surface area contributed by atoms with Gasteiger partial charge in [-0.25, -0.2) is 0 Å². The molecule has 18 heavy (non-hydrogen) atoms. The van der Waals surface area contributed by atoms with Crippen molar-refractivity contribution >= 4 is 17.5 Å². The van der Waals surface area contributed by atoms with Crippen LogP contribution in [0.25, 0.3) is 0 Å². The predicted molar refractivity (Wildman–Crippen MR) is 75.2 cm³/mol. The summed E-state index contributed by atoms with van der Waals surface area (Å²) < 4.78 is 0. The molecule has 1 aliphatic carbocycles. The van der Waals surface area contributed by atoms with Gasteiger partial charge < -0.3 is 5.32 Å². The molecule has 0 heterocycles. The van der Waals surface area contributed by atoms with Gasteiger partial charge >= 0.3 is 0 Å². The number of halogens is 1. The van der Waals surface area contributed by atoms with Crippen LogP contribution in [-0.4, -0.2) is 18.3 Å². The van der Waals surface area contributed by atoms with Gasteiger partial charge in [0.25, 0.3) is 5.91 Å². The summed E-state index contributed by atoms with van der Waals surface area (Å²) in [6.07, 6.45) is 4.27. The summed E-state index contributed by atoms with van der Waals surface area (Å²) in [5.74, 6) is 0.731. The van der Waals surface area contributed by atoms with E-state index in [-0.39, 0.29) is 5.91 Å². The maximum absolute atomic E-state index is 12.2. The van der Waals surface area contributed by atoms with E-state index in [1.54, 1.807) is 0 Å². The van der Waals surface area contributed by atoms with Gasteiger partial charge in [0, 0.05) is 18.0 Å². The molecule has 3 heteroatoms. The number of carbonyl (C=O) groups excluding carboxylic acids is 1. The number of benzene rings is 1. The second kappa shape index (κ2) is 5.75. The fourth-order valence-corrected chi connectivity index (χ4v) is 2.71. The number of aryl methyl sites for hydroxylation is 1. The molecule has 1 aromatic rings. The highest BCUT2D eigenvalue weighted by molar-refractivity contribution is 6.17. The van der Waals surface area contributed by atoms with Crippen molar-refractivity contribution in [3.8, 4) is 0 Å². The predicted octanol–water partition coefficient (Wildman–Crippen LogP) is 3.39. The molecule has 1 fully saturated rings. The van der Waals surface area contributed by atoms with Gasteiger partial charge in [-0.2, -0.15) is 0 Å². The van der Waals surface area contributed by atoms with Crippen LogP contribution in [0, 0.1) is 5.41 Å². The lowest BCUT2D eigenvalue weighted by atomic mass is 10.0. The second-order valence-electron chi connectivity index (χ2n) is 5.13. The van der Waals surface area contributed by atoms with Gasteiger partial charge in [0.15, 0.2) is 0 Å². The first-order chi connectivity index (χ1) is 8.71. The SMILES string of the molecule is CCc1ccccc1C(=O)NCC1(CCCl)CC1. The van der Waals surface area contributed by atoms with Crippen molar-refractivity contribution in [2.75, 3.05) is 12.4 Å². The molecular weight excluding hydrogens is 246 g/mol. The van der Waals surface area contributed by atoms with Crippen molar-refractivity contribution < 1.29 is 4.79 Å². The molecule has 0 saturated heterocycles. The molecule has 0 bridgehead atoms. The Balaban J connectivity index is 1.96. The van der Waals surface area contributed by atoms with E-state index in [9.17, 15) is 4.79 Å². The van der Waals surface area contributed by atoms with Crippen molar-refractivity contribution in [1.82, 2.24) is 5.32 Å². The summed E-state index contributed by atoms with van der Waals surface area (Å²) in [7, 11) is 0. The Labute approximate surface area is 114 Å². The number of carbonyl (C=O) groups is 1. The van der Waals surface area contributed by atoms with E-state index in [4.69, 9.17) is 11.6 Å². The zero-order valence-electron chi connectivity index (χ0n) is 10.8. The highest BCUT2D eigenvalue weighted by Gasteiger charge is 2.41. The highest BCUT2D eigenvalue weighted by atomic mass is 35.5. The fraction of sp³-hybridized carbons (Fsp3) is 0.533. The summed E-state index contributed by atoms with van der Waals surface area (Å²) in [6, 6.07) is 7.81. The molecule has 98 valence electrons. The molecular formula is C15H20ClNO. The van der Waals surface area contributed by atoms with Gasteiger partial charge in [-0.05, 0) is 42.7 Å². The van der Waals surface area contributed by atoms with Crippen molar-refractivity contribution in [3.05, 3.63) is 35.4 Å². The van der Waals surface area contributed by atoms with Gasteiger partial charge in [0.1, 0.15) is 0 Å². The van der Waals surface area contributed by atoms with Crippen molar-refractivity contribution in [1.29, 1.82) is 0 Å². The first-order valence-corrected chi connectivity index (χ1v) is 7.16. The molecule has 0 atom stereocenters. The van der Waals surface area contributed by atoms with Crippen LogP contribution in [0.15, 0.2) is 24.3 Å². The molecule has 1 aliphatic rings. The first-order valence-electron chi connectivity index (χ1n) is 6.63. The number of rotatable bonds is 6. The lowest BCUT2D eigenvalue weighted by molar-refractivity contribution is 0.0943. The number of amides is 1. The van der Waals surface area contributed by atoms with Crippen molar-refractivity contribution in [2.45, 2.75) is 32.6 Å². The van der Waals surface area contributed by atoms with E-state index in [1.165, 1.54) is 12.8 Å². The van der Waals surface area contributed by atoms with Gasteiger partial charge in [-0.3, -0.25) is 4.79 Å². The average molecular weight is 266 g/mol. The molecule has 0 unspecified atom stereocenters. The fourth-order valence-electron chi connectivity index (χ4n) is 2.31. The van der Waals surface area contributed by atoms with E-state index >= 15 is 0 Å².